The van der Waals surface area contributed by atoms with E-state index < -0.39 is 11.9 Å². The Labute approximate surface area is 140 Å². The summed E-state index contributed by atoms with van der Waals surface area (Å²) in [4.78, 5) is 22.6. The molecule has 0 fully saturated rings. The van der Waals surface area contributed by atoms with Crippen LogP contribution in [0.5, 0.6) is 5.75 Å². The smallest absolute Gasteiger partial charge is 0.348 e. The van der Waals surface area contributed by atoms with Gasteiger partial charge in [0.2, 0.25) is 0 Å². The lowest BCUT2D eigenvalue weighted by molar-refractivity contribution is 0.0689. The van der Waals surface area contributed by atoms with E-state index in [1.807, 2.05) is 30.3 Å². The molecule has 0 amide bonds. The van der Waals surface area contributed by atoms with Crippen molar-refractivity contribution in [1.82, 2.24) is 0 Å². The second kappa shape index (κ2) is 6.21. The Hall–Kier alpha value is -3.06. The highest BCUT2D eigenvalue weighted by molar-refractivity contribution is 7.22. The first-order valence-electron chi connectivity index (χ1n) is 6.97. The molecule has 0 spiro atoms. The number of carboxylic acids is 2. The molecule has 0 bridgehead atoms. The molecule has 1 heterocycles. The number of anilines is 1. The van der Waals surface area contributed by atoms with Crippen molar-refractivity contribution in [2.75, 3.05) is 5.73 Å². The molecule has 3 rings (SSSR count). The number of benzene rings is 2. The maximum Gasteiger partial charge on any atom is 0.348 e. The predicted molar refractivity (Wildman–Crippen MR) is 90.9 cm³/mol. The molecular weight excluding hydrogens is 330 g/mol. The number of nitrogens with two attached hydrogens (primary N) is 1. The molecule has 0 saturated heterocycles. The third-order valence-corrected chi connectivity index (χ3v) is 4.73. The van der Waals surface area contributed by atoms with Gasteiger partial charge in [0.25, 0.3) is 0 Å². The summed E-state index contributed by atoms with van der Waals surface area (Å²) in [6.45, 7) is 0.264. The first-order valence-corrected chi connectivity index (χ1v) is 7.79. The van der Waals surface area contributed by atoms with E-state index >= 15 is 0 Å². The first-order chi connectivity index (χ1) is 11.5. The highest BCUT2D eigenvalue weighted by Gasteiger charge is 2.23. The Morgan fingerprint density at radius 1 is 1.04 bits per heavy atom. The van der Waals surface area contributed by atoms with Crippen LogP contribution in [0.1, 0.15) is 25.6 Å². The lowest BCUT2D eigenvalue weighted by Gasteiger charge is -2.09. The van der Waals surface area contributed by atoms with Gasteiger partial charge in [-0.25, -0.2) is 9.59 Å². The van der Waals surface area contributed by atoms with Gasteiger partial charge >= 0.3 is 11.9 Å². The molecule has 4 N–H and O–H groups in total. The van der Waals surface area contributed by atoms with Crippen LogP contribution >= 0.6 is 11.3 Å². The number of ether oxygens (including phenoxy) is 1. The second-order valence-corrected chi connectivity index (χ2v) is 6.07. The van der Waals surface area contributed by atoms with Crippen LogP contribution in [0, 0.1) is 0 Å². The van der Waals surface area contributed by atoms with Gasteiger partial charge in [0, 0.05) is 0 Å². The van der Waals surface area contributed by atoms with Crippen molar-refractivity contribution in [3.8, 4) is 5.75 Å². The van der Waals surface area contributed by atoms with Crippen LogP contribution in [-0.4, -0.2) is 22.2 Å². The number of hydrogen-bond donors (Lipinski definition) is 3. The highest BCUT2D eigenvalue weighted by Crippen LogP contribution is 2.41. The zero-order valence-electron chi connectivity index (χ0n) is 12.4. The van der Waals surface area contributed by atoms with Gasteiger partial charge in [0.05, 0.1) is 21.3 Å². The fourth-order valence-corrected chi connectivity index (χ4v) is 3.46. The lowest BCUT2D eigenvalue weighted by Crippen LogP contribution is -2.01. The number of fused-ring (bicyclic) bond motifs is 1. The number of rotatable bonds is 5. The summed E-state index contributed by atoms with van der Waals surface area (Å²) >= 11 is 0.837. The van der Waals surface area contributed by atoms with Crippen molar-refractivity contribution in [1.29, 1.82) is 0 Å². The maximum absolute atomic E-state index is 11.4. The molecule has 0 saturated carbocycles. The summed E-state index contributed by atoms with van der Waals surface area (Å²) in [7, 11) is 0. The van der Waals surface area contributed by atoms with Crippen molar-refractivity contribution in [2.45, 2.75) is 6.61 Å². The zero-order chi connectivity index (χ0) is 17.3. The van der Waals surface area contributed by atoms with E-state index in [1.165, 1.54) is 12.1 Å². The molecule has 122 valence electrons. The average molecular weight is 343 g/mol. The van der Waals surface area contributed by atoms with E-state index in [0.29, 0.717) is 15.8 Å². The fraction of sp³-hybridized carbons (Fsp3) is 0.0588. The van der Waals surface area contributed by atoms with Crippen LogP contribution in [0.4, 0.5) is 5.69 Å². The summed E-state index contributed by atoms with van der Waals surface area (Å²) in [6, 6.07) is 12.3. The second-order valence-electron chi connectivity index (χ2n) is 5.04. The summed E-state index contributed by atoms with van der Waals surface area (Å²) in [5.41, 5.74) is 6.89. The van der Waals surface area contributed by atoms with Crippen LogP contribution in [0.25, 0.3) is 10.1 Å². The fourth-order valence-electron chi connectivity index (χ4n) is 2.38. The summed E-state index contributed by atoms with van der Waals surface area (Å²) < 4.78 is 6.05. The zero-order valence-corrected chi connectivity index (χ0v) is 13.2. The molecule has 6 nitrogen and oxygen atoms in total. The average Bonchev–Trinajstić information content (AvgIpc) is 2.91. The number of hydrogen-bond acceptors (Lipinski definition) is 5. The Kier molecular flexibility index (Phi) is 4.09. The van der Waals surface area contributed by atoms with Gasteiger partial charge in [0.15, 0.2) is 0 Å². The van der Waals surface area contributed by atoms with Crippen molar-refractivity contribution < 1.29 is 24.5 Å². The summed E-state index contributed by atoms with van der Waals surface area (Å²) in [5.74, 6) is -1.98. The minimum Gasteiger partial charge on any atom is -0.488 e. The van der Waals surface area contributed by atoms with Gasteiger partial charge in [-0.05, 0) is 17.7 Å². The standard InChI is InChI=1S/C17H13NO5S/c18-13-12-11(23-8-9-4-2-1-3-5-9)7-6-10(16(19)20)14(12)24-15(13)17(21)22/h1-7H,8,18H2,(H,19,20)(H,21,22). The van der Waals surface area contributed by atoms with E-state index in [1.54, 1.807) is 0 Å². The molecule has 1 aromatic heterocycles. The molecule has 0 radical (unpaired) electrons. The highest BCUT2D eigenvalue weighted by atomic mass is 32.1. The summed E-state index contributed by atoms with van der Waals surface area (Å²) in [6.07, 6.45) is 0. The number of aromatic carboxylic acids is 2. The molecule has 3 aromatic rings. The van der Waals surface area contributed by atoms with E-state index in [-0.39, 0.29) is 22.7 Å². The molecule has 0 aliphatic heterocycles. The monoisotopic (exact) mass is 343 g/mol. The minimum atomic E-state index is -1.20. The molecule has 24 heavy (non-hydrogen) atoms. The van der Waals surface area contributed by atoms with Crippen molar-refractivity contribution in [2.24, 2.45) is 0 Å². The van der Waals surface area contributed by atoms with E-state index in [4.69, 9.17) is 10.5 Å². The number of nitrogen functional groups attached to an aromatic ring is 1. The molecule has 0 atom stereocenters. The van der Waals surface area contributed by atoms with Gasteiger partial charge < -0.3 is 20.7 Å². The lowest BCUT2D eigenvalue weighted by atomic mass is 10.1. The molecule has 0 aliphatic carbocycles. The summed E-state index contributed by atoms with van der Waals surface area (Å²) in [5, 5.41) is 18.9. The number of carboxylic acid groups (broad SMARTS) is 2. The molecule has 0 unspecified atom stereocenters. The normalized spacial score (nSPS) is 10.7. The van der Waals surface area contributed by atoms with Crippen molar-refractivity contribution in [3.63, 3.8) is 0 Å². The third kappa shape index (κ3) is 2.77. The van der Waals surface area contributed by atoms with Crippen molar-refractivity contribution >= 4 is 39.0 Å². The van der Waals surface area contributed by atoms with Crippen LogP contribution < -0.4 is 10.5 Å². The molecule has 0 aliphatic rings. The van der Waals surface area contributed by atoms with E-state index in [0.717, 1.165) is 16.9 Å². The Bertz CT molecular complexity index is 933. The van der Waals surface area contributed by atoms with E-state index in [2.05, 4.69) is 0 Å². The molecule has 2 aromatic carbocycles. The minimum absolute atomic E-state index is 0.00117. The Morgan fingerprint density at radius 2 is 1.75 bits per heavy atom. The van der Waals surface area contributed by atoms with Gasteiger partial charge in [-0.2, -0.15) is 0 Å². The Morgan fingerprint density at radius 3 is 2.38 bits per heavy atom. The van der Waals surface area contributed by atoms with Gasteiger partial charge in [-0.15, -0.1) is 11.3 Å². The molecule has 7 heteroatoms. The van der Waals surface area contributed by atoms with Crippen LogP contribution in [0.3, 0.4) is 0 Å². The van der Waals surface area contributed by atoms with Crippen LogP contribution in [-0.2, 0) is 6.61 Å². The predicted octanol–water partition coefficient (Wildman–Crippen LogP) is 3.46. The van der Waals surface area contributed by atoms with Crippen LogP contribution in [0.2, 0.25) is 0 Å². The van der Waals surface area contributed by atoms with Gasteiger partial charge in [0.1, 0.15) is 17.2 Å². The number of thiophene rings is 1. The van der Waals surface area contributed by atoms with Gasteiger partial charge in [-0.1, -0.05) is 30.3 Å². The largest absolute Gasteiger partial charge is 0.488 e. The third-order valence-electron chi connectivity index (χ3n) is 3.50. The number of carbonyl (C=O) groups is 2. The van der Waals surface area contributed by atoms with Crippen molar-refractivity contribution in [3.05, 3.63) is 58.5 Å². The first kappa shape index (κ1) is 15.8. The van der Waals surface area contributed by atoms with E-state index in [9.17, 15) is 19.8 Å². The topological polar surface area (TPSA) is 110 Å². The Balaban J connectivity index is 2.09. The maximum atomic E-state index is 11.4. The molecular formula is C17H13NO5S. The SMILES string of the molecule is Nc1c(C(=O)O)sc2c(C(=O)O)ccc(OCc3ccccc3)c12. The van der Waals surface area contributed by atoms with Crippen LogP contribution in [0.15, 0.2) is 42.5 Å². The van der Waals surface area contributed by atoms with Gasteiger partial charge in [-0.3, -0.25) is 0 Å². The quantitative estimate of drug-likeness (QED) is 0.654.